The third kappa shape index (κ3) is 10.9. The van der Waals surface area contributed by atoms with E-state index in [0.717, 1.165) is 11.1 Å². The standard InChI is InChI=1S/C25H32N2O5S/c1-18-10-12-20(13-11-18)16-33-17-21(23(29)31-15-19-8-6-5-7-9-19)27-22(28)14-26-24(30)32-25(2,3)4/h5-13,21H,14-17H2,1-4H3,(H,26,30)(H,27,28)/t21-/m0/s1. The van der Waals surface area contributed by atoms with Gasteiger partial charge in [-0.15, -0.1) is 0 Å². The van der Waals surface area contributed by atoms with E-state index >= 15 is 0 Å². The fourth-order valence-corrected chi connectivity index (χ4v) is 3.69. The molecule has 0 unspecified atom stereocenters. The molecule has 0 aliphatic rings. The van der Waals surface area contributed by atoms with Gasteiger partial charge in [0.25, 0.3) is 0 Å². The predicted molar refractivity (Wildman–Crippen MR) is 130 cm³/mol. The maximum atomic E-state index is 12.7. The predicted octanol–water partition coefficient (Wildman–Crippen LogP) is 3.98. The summed E-state index contributed by atoms with van der Waals surface area (Å²) < 4.78 is 10.5. The summed E-state index contributed by atoms with van der Waals surface area (Å²) in [6.45, 7) is 7.03. The van der Waals surface area contributed by atoms with Crippen molar-refractivity contribution in [3.63, 3.8) is 0 Å². The van der Waals surface area contributed by atoms with Crippen LogP contribution >= 0.6 is 11.8 Å². The van der Waals surface area contributed by atoms with E-state index in [1.807, 2.05) is 61.5 Å². The van der Waals surface area contributed by atoms with Gasteiger partial charge in [0.1, 0.15) is 24.8 Å². The Bertz CT molecular complexity index is 911. The highest BCUT2D eigenvalue weighted by atomic mass is 32.2. The lowest BCUT2D eigenvalue weighted by Gasteiger charge is -2.20. The van der Waals surface area contributed by atoms with Gasteiger partial charge in [-0.05, 0) is 38.8 Å². The zero-order valence-electron chi connectivity index (χ0n) is 19.6. The maximum Gasteiger partial charge on any atom is 0.408 e. The second-order valence-corrected chi connectivity index (χ2v) is 9.60. The SMILES string of the molecule is Cc1ccc(CSC[C@H](NC(=O)CNC(=O)OC(C)(C)C)C(=O)OCc2ccccc2)cc1. The molecule has 0 saturated heterocycles. The lowest BCUT2D eigenvalue weighted by Crippen LogP contribution is -2.48. The van der Waals surface area contributed by atoms with Crippen LogP contribution in [0.25, 0.3) is 0 Å². The van der Waals surface area contributed by atoms with E-state index in [9.17, 15) is 14.4 Å². The Morgan fingerprint density at radius 2 is 1.64 bits per heavy atom. The summed E-state index contributed by atoms with van der Waals surface area (Å²) in [6.07, 6.45) is -0.699. The van der Waals surface area contributed by atoms with Crippen molar-refractivity contribution >= 4 is 29.7 Å². The number of hydrogen-bond donors (Lipinski definition) is 2. The number of aryl methyl sites for hydroxylation is 1. The summed E-state index contributed by atoms with van der Waals surface area (Å²) in [4.78, 5) is 36.9. The Hall–Kier alpha value is -3.00. The highest BCUT2D eigenvalue weighted by molar-refractivity contribution is 7.98. The number of carbonyl (C=O) groups is 3. The molecule has 7 nitrogen and oxygen atoms in total. The number of ether oxygens (including phenoxy) is 2. The molecule has 0 fully saturated rings. The molecule has 0 saturated carbocycles. The summed E-state index contributed by atoms with van der Waals surface area (Å²) in [5, 5.41) is 5.06. The average Bonchev–Trinajstić information content (AvgIpc) is 2.76. The number of amides is 2. The lowest BCUT2D eigenvalue weighted by atomic mass is 10.2. The quantitative estimate of drug-likeness (QED) is 0.508. The Balaban J connectivity index is 1.91. The molecule has 0 aliphatic heterocycles. The van der Waals surface area contributed by atoms with Crippen LogP contribution in [0.2, 0.25) is 0 Å². The minimum absolute atomic E-state index is 0.116. The van der Waals surface area contributed by atoms with Crippen LogP contribution < -0.4 is 10.6 Å². The molecule has 2 aromatic carbocycles. The van der Waals surface area contributed by atoms with E-state index < -0.39 is 29.6 Å². The van der Waals surface area contributed by atoms with E-state index in [0.29, 0.717) is 11.5 Å². The van der Waals surface area contributed by atoms with E-state index in [1.54, 1.807) is 20.8 Å². The summed E-state index contributed by atoms with van der Waals surface area (Å²) in [7, 11) is 0. The Labute approximate surface area is 199 Å². The van der Waals surface area contributed by atoms with Crippen LogP contribution in [0.5, 0.6) is 0 Å². The van der Waals surface area contributed by atoms with Crippen LogP contribution in [0, 0.1) is 6.92 Å². The van der Waals surface area contributed by atoms with Crippen molar-refractivity contribution in [1.82, 2.24) is 10.6 Å². The van der Waals surface area contributed by atoms with Gasteiger partial charge in [-0.2, -0.15) is 11.8 Å². The number of thioether (sulfide) groups is 1. The van der Waals surface area contributed by atoms with Crippen molar-refractivity contribution in [2.24, 2.45) is 0 Å². The van der Waals surface area contributed by atoms with Gasteiger partial charge >= 0.3 is 12.1 Å². The molecule has 2 aromatic rings. The normalized spacial score (nSPS) is 11.9. The number of nitrogens with one attached hydrogen (secondary N) is 2. The van der Waals surface area contributed by atoms with Gasteiger partial charge in [0.05, 0.1) is 0 Å². The molecular weight excluding hydrogens is 440 g/mol. The van der Waals surface area contributed by atoms with Gasteiger partial charge in [-0.25, -0.2) is 9.59 Å². The van der Waals surface area contributed by atoms with E-state index in [-0.39, 0.29) is 13.2 Å². The van der Waals surface area contributed by atoms with Gasteiger partial charge in [0, 0.05) is 11.5 Å². The van der Waals surface area contributed by atoms with E-state index in [4.69, 9.17) is 9.47 Å². The molecule has 2 amide bonds. The zero-order chi connectivity index (χ0) is 24.3. The number of hydrogen-bond acceptors (Lipinski definition) is 6. The van der Waals surface area contributed by atoms with Crippen LogP contribution in [0.3, 0.4) is 0 Å². The average molecular weight is 473 g/mol. The molecule has 0 spiro atoms. The second kappa shape index (κ2) is 12.9. The summed E-state index contributed by atoms with van der Waals surface area (Å²) >= 11 is 1.52. The smallest absolute Gasteiger partial charge is 0.408 e. The molecule has 2 N–H and O–H groups in total. The number of benzene rings is 2. The maximum absolute atomic E-state index is 12.7. The molecule has 178 valence electrons. The van der Waals surface area contributed by atoms with Crippen LogP contribution in [-0.2, 0) is 31.4 Å². The van der Waals surface area contributed by atoms with Gasteiger partial charge < -0.3 is 20.1 Å². The molecule has 0 heterocycles. The number of carbonyl (C=O) groups excluding carboxylic acids is 3. The van der Waals surface area contributed by atoms with Crippen LogP contribution in [0.15, 0.2) is 54.6 Å². The van der Waals surface area contributed by atoms with Crippen LogP contribution in [-0.4, -0.2) is 41.9 Å². The van der Waals surface area contributed by atoms with Crippen molar-refractivity contribution in [2.45, 2.75) is 51.7 Å². The second-order valence-electron chi connectivity index (χ2n) is 8.57. The molecule has 0 radical (unpaired) electrons. The molecule has 2 rings (SSSR count). The van der Waals surface area contributed by atoms with E-state index in [1.165, 1.54) is 17.3 Å². The Morgan fingerprint density at radius 1 is 0.970 bits per heavy atom. The lowest BCUT2D eigenvalue weighted by molar-refractivity contribution is -0.148. The van der Waals surface area contributed by atoms with E-state index in [2.05, 4.69) is 10.6 Å². The number of alkyl carbamates (subject to hydrolysis) is 1. The largest absolute Gasteiger partial charge is 0.459 e. The highest BCUT2D eigenvalue weighted by Crippen LogP contribution is 2.15. The fourth-order valence-electron chi connectivity index (χ4n) is 2.69. The number of rotatable bonds is 10. The van der Waals surface area contributed by atoms with Crippen molar-refractivity contribution in [2.75, 3.05) is 12.3 Å². The molecule has 0 aromatic heterocycles. The highest BCUT2D eigenvalue weighted by Gasteiger charge is 2.23. The van der Waals surface area contributed by atoms with Crippen molar-refractivity contribution in [3.05, 3.63) is 71.3 Å². The van der Waals surface area contributed by atoms with Crippen molar-refractivity contribution < 1.29 is 23.9 Å². The first-order valence-electron chi connectivity index (χ1n) is 10.7. The van der Waals surface area contributed by atoms with Crippen molar-refractivity contribution in [1.29, 1.82) is 0 Å². The molecule has 0 aliphatic carbocycles. The minimum atomic E-state index is -0.850. The number of esters is 1. The third-order valence-corrected chi connectivity index (χ3v) is 5.42. The topological polar surface area (TPSA) is 93.7 Å². The first-order chi connectivity index (χ1) is 15.6. The van der Waals surface area contributed by atoms with Gasteiger partial charge in [0.15, 0.2) is 0 Å². The summed E-state index contributed by atoms with van der Waals surface area (Å²) in [5.74, 6) is -0.00612. The molecular formula is C25H32N2O5S. The van der Waals surface area contributed by atoms with Crippen LogP contribution in [0.1, 0.15) is 37.5 Å². The monoisotopic (exact) mass is 472 g/mol. The zero-order valence-corrected chi connectivity index (χ0v) is 20.4. The third-order valence-electron chi connectivity index (χ3n) is 4.31. The minimum Gasteiger partial charge on any atom is -0.459 e. The Morgan fingerprint density at radius 3 is 2.27 bits per heavy atom. The molecule has 33 heavy (non-hydrogen) atoms. The van der Waals surface area contributed by atoms with Crippen LogP contribution in [0.4, 0.5) is 4.79 Å². The summed E-state index contributed by atoms with van der Waals surface area (Å²) in [6, 6.07) is 16.6. The molecule has 8 heteroatoms. The first kappa shape index (κ1) is 26.3. The van der Waals surface area contributed by atoms with Gasteiger partial charge in [0.2, 0.25) is 5.91 Å². The summed E-state index contributed by atoms with van der Waals surface area (Å²) in [5.41, 5.74) is 2.49. The van der Waals surface area contributed by atoms with Crippen molar-refractivity contribution in [3.8, 4) is 0 Å². The van der Waals surface area contributed by atoms with Gasteiger partial charge in [-0.1, -0.05) is 60.2 Å². The fraction of sp³-hybridized carbons (Fsp3) is 0.400. The van der Waals surface area contributed by atoms with Gasteiger partial charge in [-0.3, -0.25) is 4.79 Å². The first-order valence-corrected chi connectivity index (χ1v) is 11.9. The Kier molecular flexibility index (Phi) is 10.3. The molecule has 1 atom stereocenters. The molecule has 0 bridgehead atoms.